The molecule has 2 unspecified atom stereocenters. The van der Waals surface area contributed by atoms with E-state index in [2.05, 4.69) is 12.2 Å². The van der Waals surface area contributed by atoms with Gasteiger partial charge in [0.05, 0.1) is 0 Å². The second-order valence-corrected chi connectivity index (χ2v) is 4.26. The van der Waals surface area contributed by atoms with Crippen LogP contribution in [0.15, 0.2) is 12.2 Å². The molecule has 2 atom stereocenters. The molecule has 2 saturated carbocycles. The number of rotatable bonds is 1. The average molecular weight is 134 g/mol. The van der Waals surface area contributed by atoms with E-state index in [9.17, 15) is 0 Å². The largest absolute Gasteiger partial charge is 0.0882 e. The third-order valence-corrected chi connectivity index (χ3v) is 3.75. The number of allylic oxidation sites excluding steroid dienone is 2. The highest BCUT2D eigenvalue weighted by Gasteiger charge is 2.55. The molecule has 0 heterocycles. The van der Waals surface area contributed by atoms with Crippen LogP contribution in [0.1, 0.15) is 25.7 Å². The average Bonchev–Trinajstić information content (AvgIpc) is 2.42. The molecule has 0 radical (unpaired) electrons. The van der Waals surface area contributed by atoms with E-state index in [0.29, 0.717) is 0 Å². The quantitative estimate of drug-likeness (QED) is 0.483. The Morgan fingerprint density at radius 2 is 1.40 bits per heavy atom. The molecule has 0 aliphatic heterocycles. The monoisotopic (exact) mass is 134 g/mol. The van der Waals surface area contributed by atoms with E-state index in [1.807, 2.05) is 0 Å². The van der Waals surface area contributed by atoms with Crippen LogP contribution in [0.3, 0.4) is 0 Å². The van der Waals surface area contributed by atoms with Crippen LogP contribution in [-0.4, -0.2) is 0 Å². The molecule has 0 bridgehead atoms. The predicted molar refractivity (Wildman–Crippen MR) is 41.6 cm³/mol. The molecule has 3 rings (SSSR count). The zero-order valence-electron chi connectivity index (χ0n) is 6.29. The third kappa shape index (κ3) is 0.574. The maximum Gasteiger partial charge on any atom is -0.0314 e. The smallest absolute Gasteiger partial charge is 0.0314 e. The molecule has 0 N–H and O–H groups in total. The van der Waals surface area contributed by atoms with E-state index in [0.717, 1.165) is 11.8 Å². The second-order valence-electron chi connectivity index (χ2n) is 4.26. The van der Waals surface area contributed by atoms with Gasteiger partial charge in [-0.05, 0) is 49.4 Å². The SMILES string of the molecule is C1=CCC(C2CC3CC32)C1. The second kappa shape index (κ2) is 1.66. The molecule has 10 heavy (non-hydrogen) atoms. The van der Waals surface area contributed by atoms with E-state index in [1.165, 1.54) is 24.7 Å². The van der Waals surface area contributed by atoms with Crippen molar-refractivity contribution in [3.63, 3.8) is 0 Å². The summed E-state index contributed by atoms with van der Waals surface area (Å²) in [6, 6.07) is 0. The fourth-order valence-corrected chi connectivity index (χ4v) is 2.92. The lowest BCUT2D eigenvalue weighted by Crippen LogP contribution is -2.23. The van der Waals surface area contributed by atoms with Gasteiger partial charge >= 0.3 is 0 Å². The minimum absolute atomic E-state index is 1.07. The molecule has 0 aromatic carbocycles. The molecule has 0 spiro atoms. The summed E-state index contributed by atoms with van der Waals surface area (Å²) in [7, 11) is 0. The van der Waals surface area contributed by atoms with Gasteiger partial charge in [-0.3, -0.25) is 0 Å². The molecule has 0 saturated heterocycles. The van der Waals surface area contributed by atoms with Crippen molar-refractivity contribution in [3.05, 3.63) is 12.2 Å². The Hall–Kier alpha value is -0.260. The van der Waals surface area contributed by atoms with Gasteiger partial charge in [-0.25, -0.2) is 0 Å². The normalized spacial score (nSPS) is 50.6. The maximum atomic E-state index is 2.38. The van der Waals surface area contributed by atoms with E-state index < -0.39 is 0 Å². The van der Waals surface area contributed by atoms with Gasteiger partial charge in [-0.2, -0.15) is 0 Å². The fourth-order valence-electron chi connectivity index (χ4n) is 2.92. The summed E-state index contributed by atoms with van der Waals surface area (Å²) in [4.78, 5) is 0. The Labute approximate surface area is 62.3 Å². The van der Waals surface area contributed by atoms with Crippen molar-refractivity contribution in [1.29, 1.82) is 0 Å². The van der Waals surface area contributed by atoms with Crippen molar-refractivity contribution in [1.82, 2.24) is 0 Å². The molecule has 2 fully saturated rings. The van der Waals surface area contributed by atoms with Gasteiger partial charge in [0.2, 0.25) is 0 Å². The van der Waals surface area contributed by atoms with Gasteiger partial charge in [0, 0.05) is 0 Å². The summed E-state index contributed by atoms with van der Waals surface area (Å²) in [6.45, 7) is 0. The van der Waals surface area contributed by atoms with E-state index >= 15 is 0 Å². The maximum absolute atomic E-state index is 2.38. The Balaban J connectivity index is 1.67. The molecule has 0 nitrogen and oxygen atoms in total. The fraction of sp³-hybridized carbons (Fsp3) is 0.800. The first kappa shape index (κ1) is 5.40. The van der Waals surface area contributed by atoms with Crippen molar-refractivity contribution >= 4 is 0 Å². The van der Waals surface area contributed by atoms with Crippen LogP contribution in [-0.2, 0) is 0 Å². The first-order chi connectivity index (χ1) is 4.95. The molecule has 0 amide bonds. The number of hydrogen-bond donors (Lipinski definition) is 0. The highest BCUT2D eigenvalue weighted by atomic mass is 14.6. The van der Waals surface area contributed by atoms with Crippen molar-refractivity contribution in [2.75, 3.05) is 0 Å². The van der Waals surface area contributed by atoms with Crippen molar-refractivity contribution in [2.45, 2.75) is 25.7 Å². The Morgan fingerprint density at radius 1 is 0.800 bits per heavy atom. The minimum Gasteiger partial charge on any atom is -0.0882 e. The lowest BCUT2D eigenvalue weighted by Gasteiger charge is -2.30. The standard InChI is InChI=1S/C10H14/c1-2-4-7(3-1)9-5-8-6-10(8)9/h1-2,7-10H,3-6H2. The van der Waals surface area contributed by atoms with Crippen LogP contribution in [0.25, 0.3) is 0 Å². The van der Waals surface area contributed by atoms with Crippen molar-refractivity contribution in [2.24, 2.45) is 23.7 Å². The molecule has 0 aromatic heterocycles. The summed E-state index contributed by atoms with van der Waals surface area (Å²) >= 11 is 0. The van der Waals surface area contributed by atoms with Gasteiger partial charge in [0.15, 0.2) is 0 Å². The van der Waals surface area contributed by atoms with E-state index in [4.69, 9.17) is 0 Å². The van der Waals surface area contributed by atoms with Gasteiger partial charge in [-0.1, -0.05) is 12.2 Å². The molecular weight excluding hydrogens is 120 g/mol. The van der Waals surface area contributed by atoms with E-state index in [1.54, 1.807) is 12.8 Å². The van der Waals surface area contributed by atoms with Crippen LogP contribution in [0.5, 0.6) is 0 Å². The lowest BCUT2D eigenvalue weighted by molar-refractivity contribution is 0.194. The molecule has 3 aliphatic carbocycles. The van der Waals surface area contributed by atoms with E-state index in [-0.39, 0.29) is 0 Å². The predicted octanol–water partition coefficient (Wildman–Crippen LogP) is 2.61. The van der Waals surface area contributed by atoms with Gasteiger partial charge in [-0.15, -0.1) is 0 Å². The Morgan fingerprint density at radius 3 is 1.90 bits per heavy atom. The van der Waals surface area contributed by atoms with Crippen LogP contribution in [0, 0.1) is 23.7 Å². The molecule has 0 aromatic rings. The van der Waals surface area contributed by atoms with Crippen LogP contribution in [0.2, 0.25) is 0 Å². The first-order valence-electron chi connectivity index (χ1n) is 4.60. The van der Waals surface area contributed by atoms with Crippen LogP contribution >= 0.6 is 0 Å². The molecule has 0 heteroatoms. The highest BCUT2D eigenvalue weighted by Crippen LogP contribution is 2.63. The van der Waals surface area contributed by atoms with Gasteiger partial charge in [0.1, 0.15) is 0 Å². The lowest BCUT2D eigenvalue weighted by atomic mass is 9.75. The molecule has 54 valence electrons. The first-order valence-corrected chi connectivity index (χ1v) is 4.60. The zero-order chi connectivity index (χ0) is 6.55. The molecule has 3 aliphatic rings. The van der Waals surface area contributed by atoms with Gasteiger partial charge < -0.3 is 0 Å². The van der Waals surface area contributed by atoms with Gasteiger partial charge in [0.25, 0.3) is 0 Å². The summed E-state index contributed by atoms with van der Waals surface area (Å²) in [5, 5.41) is 0. The number of hydrogen-bond acceptors (Lipinski definition) is 0. The third-order valence-electron chi connectivity index (χ3n) is 3.75. The number of fused-ring (bicyclic) bond motifs is 1. The van der Waals surface area contributed by atoms with Crippen molar-refractivity contribution < 1.29 is 0 Å². The summed E-state index contributed by atoms with van der Waals surface area (Å²) in [6.07, 6.45) is 10.7. The molecular formula is C10H14. The Bertz CT molecular complexity index is 172. The summed E-state index contributed by atoms with van der Waals surface area (Å²) in [5.74, 6) is 4.62. The summed E-state index contributed by atoms with van der Waals surface area (Å²) < 4.78 is 0. The zero-order valence-corrected chi connectivity index (χ0v) is 6.29. The van der Waals surface area contributed by atoms with Crippen LogP contribution in [0.4, 0.5) is 0 Å². The van der Waals surface area contributed by atoms with Crippen LogP contribution < -0.4 is 0 Å². The minimum atomic E-state index is 1.07. The summed E-state index contributed by atoms with van der Waals surface area (Å²) in [5.41, 5.74) is 0. The van der Waals surface area contributed by atoms with Crippen molar-refractivity contribution in [3.8, 4) is 0 Å². The topological polar surface area (TPSA) is 0 Å². The Kier molecular flexibility index (Phi) is 0.898. The highest BCUT2D eigenvalue weighted by molar-refractivity contribution is 5.08.